The Morgan fingerprint density at radius 1 is 1.73 bits per heavy atom. The van der Waals surface area contributed by atoms with Gasteiger partial charge in [0.25, 0.3) is 0 Å². The van der Waals surface area contributed by atoms with Gasteiger partial charge in [-0.25, -0.2) is 0 Å². The maximum absolute atomic E-state index is 11.1. The van der Waals surface area contributed by atoms with Gasteiger partial charge in [-0.05, 0) is 6.92 Å². The van der Waals surface area contributed by atoms with Crippen LogP contribution in [0.1, 0.15) is 20.3 Å². The summed E-state index contributed by atoms with van der Waals surface area (Å²) in [5, 5.41) is 7.62. The van der Waals surface area contributed by atoms with E-state index in [-0.39, 0.29) is 19.0 Å². The first kappa shape index (κ1) is 11.0. The first-order valence-corrected chi connectivity index (χ1v) is 4.19. The summed E-state index contributed by atoms with van der Waals surface area (Å²) in [6, 6.07) is 0. The molecule has 0 radical (unpaired) electrons. The quantitative estimate of drug-likeness (QED) is 0.626. The lowest BCUT2D eigenvalue weighted by atomic mass is 10.2. The van der Waals surface area contributed by atoms with Crippen LogP contribution < -0.4 is 0 Å². The molecule has 66 valence electrons. The minimum Gasteiger partial charge on any atom is -0.394 e. The van der Waals surface area contributed by atoms with Crippen LogP contribution in [0.15, 0.2) is 0 Å². The predicted octanol–water partition coefficient (Wildman–Crippen LogP) is 0.566. The Kier molecular flexibility index (Phi) is 4.82. The topological polar surface area (TPSA) is 46.5 Å². The van der Waals surface area contributed by atoms with Crippen LogP contribution in [-0.2, 0) is 9.53 Å². The first-order chi connectivity index (χ1) is 5.04. The lowest BCUT2D eigenvalue weighted by Gasteiger charge is -2.22. The van der Waals surface area contributed by atoms with E-state index in [1.54, 1.807) is 13.8 Å². The highest BCUT2D eigenvalue weighted by Crippen LogP contribution is 2.21. The first-order valence-electron chi connectivity index (χ1n) is 3.61. The van der Waals surface area contributed by atoms with Gasteiger partial charge in [-0.2, -0.15) is 0 Å². The zero-order chi connectivity index (χ0) is 8.91. The molecule has 0 saturated heterocycles. The highest BCUT2D eigenvalue weighted by atomic mass is 31.0. The molecule has 0 aliphatic carbocycles. The zero-order valence-electron chi connectivity index (χ0n) is 6.96. The van der Waals surface area contributed by atoms with E-state index in [4.69, 9.17) is 9.84 Å². The summed E-state index contributed by atoms with van der Waals surface area (Å²) >= 11 is 0. The second-order valence-corrected chi connectivity index (χ2v) is 3.56. The van der Waals surface area contributed by atoms with E-state index in [1.165, 1.54) is 0 Å². The monoisotopic (exact) mass is 178 g/mol. The lowest BCUT2D eigenvalue weighted by molar-refractivity contribution is -0.133. The Labute approximate surface area is 69.3 Å². The second kappa shape index (κ2) is 4.81. The van der Waals surface area contributed by atoms with Crippen molar-refractivity contribution in [2.45, 2.75) is 25.6 Å². The molecule has 2 atom stereocenters. The molecule has 0 aromatic carbocycles. The Morgan fingerprint density at radius 3 is 2.64 bits per heavy atom. The number of Topliss-reactive ketones (excluding diaryl/α,β-unsaturated/α-hetero) is 1. The van der Waals surface area contributed by atoms with Gasteiger partial charge in [0.15, 0.2) is 5.78 Å². The Bertz CT molecular complexity index is 134. The van der Waals surface area contributed by atoms with Gasteiger partial charge in [-0.3, -0.25) is 4.79 Å². The molecule has 0 saturated carbocycles. The summed E-state index contributed by atoms with van der Waals surface area (Å²) in [4.78, 5) is 11.1. The van der Waals surface area contributed by atoms with Crippen LogP contribution in [0.25, 0.3) is 0 Å². The molecule has 0 heterocycles. The van der Waals surface area contributed by atoms with Gasteiger partial charge >= 0.3 is 0 Å². The lowest BCUT2D eigenvalue weighted by Crippen LogP contribution is -2.32. The molecule has 1 N–H and O–H groups in total. The summed E-state index contributed by atoms with van der Waals surface area (Å²) in [5.41, 5.74) is 0. The number of carbonyl (C=O) groups is 1. The normalized spacial score (nSPS) is 16.0. The number of ketones is 1. The van der Waals surface area contributed by atoms with Crippen molar-refractivity contribution < 1.29 is 14.6 Å². The number of aliphatic hydroxyl groups excluding tert-OH is 1. The molecule has 0 spiro atoms. The number of rotatable bonds is 5. The van der Waals surface area contributed by atoms with Crippen LogP contribution in [0.3, 0.4) is 0 Å². The fourth-order valence-electron chi connectivity index (χ4n) is 0.689. The van der Waals surface area contributed by atoms with E-state index >= 15 is 0 Å². The summed E-state index contributed by atoms with van der Waals surface area (Å²) in [6.07, 6.45) is 0.450. The minimum absolute atomic E-state index is 0.0240. The van der Waals surface area contributed by atoms with Crippen molar-refractivity contribution in [3.63, 3.8) is 0 Å². The second-order valence-electron chi connectivity index (χ2n) is 2.46. The van der Waals surface area contributed by atoms with E-state index in [0.717, 1.165) is 0 Å². The largest absolute Gasteiger partial charge is 0.394 e. The van der Waals surface area contributed by atoms with Crippen molar-refractivity contribution in [3.8, 4) is 0 Å². The third kappa shape index (κ3) is 3.80. The number of hydrogen-bond donors (Lipinski definition) is 1. The molecule has 0 aliphatic heterocycles. The van der Waals surface area contributed by atoms with Gasteiger partial charge in [0.2, 0.25) is 0 Å². The number of aliphatic hydroxyl groups is 1. The van der Waals surface area contributed by atoms with Crippen molar-refractivity contribution in [2.75, 3.05) is 13.2 Å². The van der Waals surface area contributed by atoms with E-state index < -0.39 is 5.34 Å². The third-order valence-corrected chi connectivity index (χ3v) is 1.86. The van der Waals surface area contributed by atoms with Crippen molar-refractivity contribution in [1.82, 2.24) is 0 Å². The summed E-state index contributed by atoms with van der Waals surface area (Å²) in [5.74, 6) is 0.0240. The maximum atomic E-state index is 11.1. The Balaban J connectivity index is 3.88. The highest BCUT2D eigenvalue weighted by Gasteiger charge is 2.26. The molecule has 0 aliphatic rings. The average Bonchev–Trinajstić information content (AvgIpc) is 1.99. The van der Waals surface area contributed by atoms with Crippen LogP contribution in [0.2, 0.25) is 0 Å². The zero-order valence-corrected chi connectivity index (χ0v) is 8.12. The van der Waals surface area contributed by atoms with Crippen molar-refractivity contribution in [2.24, 2.45) is 0 Å². The molecule has 2 unspecified atom stereocenters. The molecule has 0 bridgehead atoms. The number of carbonyl (C=O) groups excluding carboxylic acids is 1. The average molecular weight is 178 g/mol. The Morgan fingerprint density at radius 2 is 2.27 bits per heavy atom. The van der Waals surface area contributed by atoms with Gasteiger partial charge < -0.3 is 9.84 Å². The molecular weight excluding hydrogens is 163 g/mol. The van der Waals surface area contributed by atoms with Crippen molar-refractivity contribution in [3.05, 3.63) is 0 Å². The van der Waals surface area contributed by atoms with Gasteiger partial charge in [0.1, 0.15) is 5.34 Å². The van der Waals surface area contributed by atoms with Crippen molar-refractivity contribution >= 4 is 15.0 Å². The molecule has 0 rings (SSSR count). The molecule has 0 amide bonds. The Hall–Kier alpha value is 0.0200. The number of hydrogen-bond acceptors (Lipinski definition) is 3. The molecule has 0 aromatic rings. The van der Waals surface area contributed by atoms with Crippen LogP contribution >= 0.6 is 9.24 Å². The number of ether oxygens (including phenoxy) is 1. The molecule has 3 nitrogen and oxygen atoms in total. The third-order valence-electron chi connectivity index (χ3n) is 1.37. The van der Waals surface area contributed by atoms with E-state index in [2.05, 4.69) is 9.24 Å². The predicted molar refractivity (Wildman–Crippen MR) is 46.5 cm³/mol. The van der Waals surface area contributed by atoms with Gasteiger partial charge in [0.05, 0.1) is 13.2 Å². The standard InChI is InChI=1S/C7H15O3P/c1-3-6(9)7(2,11)10-5-4-8/h8H,3-5,11H2,1-2H3. The fourth-order valence-corrected chi connectivity index (χ4v) is 1.01. The van der Waals surface area contributed by atoms with Gasteiger partial charge in [0, 0.05) is 6.42 Å². The highest BCUT2D eigenvalue weighted by molar-refractivity contribution is 7.20. The minimum atomic E-state index is -0.822. The van der Waals surface area contributed by atoms with Gasteiger partial charge in [-0.15, -0.1) is 0 Å². The maximum Gasteiger partial charge on any atom is 0.167 e. The smallest absolute Gasteiger partial charge is 0.167 e. The van der Waals surface area contributed by atoms with Crippen LogP contribution in [0.4, 0.5) is 0 Å². The molecule has 11 heavy (non-hydrogen) atoms. The van der Waals surface area contributed by atoms with Crippen LogP contribution in [0.5, 0.6) is 0 Å². The summed E-state index contributed by atoms with van der Waals surface area (Å²) in [6.45, 7) is 3.61. The fraction of sp³-hybridized carbons (Fsp3) is 0.857. The van der Waals surface area contributed by atoms with E-state index in [9.17, 15) is 4.79 Å². The van der Waals surface area contributed by atoms with E-state index in [0.29, 0.717) is 6.42 Å². The van der Waals surface area contributed by atoms with Crippen molar-refractivity contribution in [1.29, 1.82) is 0 Å². The molecule has 4 heteroatoms. The summed E-state index contributed by atoms with van der Waals surface area (Å²) < 4.78 is 5.09. The van der Waals surface area contributed by atoms with Crippen LogP contribution in [-0.4, -0.2) is 29.4 Å². The van der Waals surface area contributed by atoms with E-state index in [1.807, 2.05) is 0 Å². The molecule has 0 aromatic heterocycles. The molecular formula is C7H15O3P. The summed E-state index contributed by atoms with van der Waals surface area (Å²) in [7, 11) is 2.34. The molecule has 0 fully saturated rings. The SMILES string of the molecule is CCC(=O)C(C)(P)OCCO. The van der Waals surface area contributed by atoms with Crippen LogP contribution in [0, 0.1) is 0 Å². The van der Waals surface area contributed by atoms with Gasteiger partial charge in [-0.1, -0.05) is 16.2 Å².